The number of ketones is 1. The number of aryl methyl sites for hydroxylation is 1. The first-order chi connectivity index (χ1) is 12.5. The van der Waals surface area contributed by atoms with Gasteiger partial charge in [0, 0.05) is 18.2 Å². The van der Waals surface area contributed by atoms with Gasteiger partial charge in [-0.3, -0.25) is 9.59 Å². The zero-order valence-electron chi connectivity index (χ0n) is 14.3. The molecule has 1 heterocycles. The van der Waals surface area contributed by atoms with Crippen molar-refractivity contribution >= 4 is 29.1 Å². The third-order valence-corrected chi connectivity index (χ3v) is 4.33. The van der Waals surface area contributed by atoms with E-state index in [1.807, 2.05) is 31.2 Å². The van der Waals surface area contributed by atoms with Gasteiger partial charge in [-0.1, -0.05) is 47.7 Å². The second kappa shape index (κ2) is 7.92. The van der Waals surface area contributed by atoms with Gasteiger partial charge in [0.1, 0.15) is 0 Å². The standard InChI is InChI=1S/C18H17N5O2S/c1-12-6-8-14(9-7-12)17(25)11-26-18-20-22-23(21-18)16-5-3-4-15(10-16)19-13(2)24/h3-10H,11H2,1-2H3,(H,19,24). The molecule has 0 aliphatic carbocycles. The van der Waals surface area contributed by atoms with E-state index in [1.54, 1.807) is 24.3 Å². The van der Waals surface area contributed by atoms with Crippen LogP contribution >= 0.6 is 11.8 Å². The summed E-state index contributed by atoms with van der Waals surface area (Å²) in [7, 11) is 0. The number of nitrogens with zero attached hydrogens (tertiary/aromatic N) is 4. The Labute approximate surface area is 154 Å². The monoisotopic (exact) mass is 367 g/mol. The van der Waals surface area contributed by atoms with Crippen LogP contribution in [0.15, 0.2) is 53.7 Å². The van der Waals surface area contributed by atoms with E-state index in [0.717, 1.165) is 5.56 Å². The fraction of sp³-hybridized carbons (Fsp3) is 0.167. The van der Waals surface area contributed by atoms with E-state index in [1.165, 1.54) is 23.5 Å². The van der Waals surface area contributed by atoms with Crippen LogP contribution < -0.4 is 5.32 Å². The maximum absolute atomic E-state index is 12.2. The van der Waals surface area contributed by atoms with Crippen molar-refractivity contribution < 1.29 is 9.59 Å². The second-order valence-corrected chi connectivity index (χ2v) is 6.61. The number of anilines is 1. The summed E-state index contributed by atoms with van der Waals surface area (Å²) in [5.74, 6) is 0.0966. The molecule has 0 aliphatic heterocycles. The molecule has 0 atom stereocenters. The zero-order valence-corrected chi connectivity index (χ0v) is 15.2. The number of hydrogen-bond donors (Lipinski definition) is 1. The van der Waals surface area contributed by atoms with Gasteiger partial charge in [0.2, 0.25) is 11.1 Å². The molecule has 1 aromatic heterocycles. The quantitative estimate of drug-likeness (QED) is 0.532. The number of tetrazole rings is 1. The molecule has 3 aromatic rings. The summed E-state index contributed by atoms with van der Waals surface area (Å²) in [5, 5.41) is 15.4. The summed E-state index contributed by atoms with van der Waals surface area (Å²) in [5.41, 5.74) is 3.09. The van der Waals surface area contributed by atoms with Crippen LogP contribution in [0, 0.1) is 6.92 Å². The third-order valence-electron chi connectivity index (χ3n) is 3.50. The number of Topliss-reactive ketones (excluding diaryl/α,β-unsaturated/α-hetero) is 1. The minimum Gasteiger partial charge on any atom is -0.326 e. The first-order valence-electron chi connectivity index (χ1n) is 7.92. The Morgan fingerprint density at radius 1 is 1.15 bits per heavy atom. The summed E-state index contributed by atoms with van der Waals surface area (Å²) < 4.78 is 0. The van der Waals surface area contributed by atoms with Crippen LogP contribution in [-0.2, 0) is 4.79 Å². The Morgan fingerprint density at radius 3 is 2.65 bits per heavy atom. The second-order valence-electron chi connectivity index (χ2n) is 5.67. The predicted octanol–water partition coefficient (Wildman–Crippen LogP) is 2.90. The molecule has 0 aliphatic rings. The van der Waals surface area contributed by atoms with Crippen molar-refractivity contribution in [1.29, 1.82) is 0 Å². The molecule has 7 nitrogen and oxygen atoms in total. The number of aromatic nitrogens is 4. The Hall–Kier alpha value is -3.00. The highest BCUT2D eigenvalue weighted by Crippen LogP contribution is 2.17. The fourth-order valence-corrected chi connectivity index (χ4v) is 2.89. The van der Waals surface area contributed by atoms with Crippen molar-refractivity contribution in [2.75, 3.05) is 11.1 Å². The molecule has 0 radical (unpaired) electrons. The fourth-order valence-electron chi connectivity index (χ4n) is 2.23. The highest BCUT2D eigenvalue weighted by molar-refractivity contribution is 7.99. The summed E-state index contributed by atoms with van der Waals surface area (Å²) >= 11 is 1.23. The molecule has 0 saturated heterocycles. The van der Waals surface area contributed by atoms with Gasteiger partial charge < -0.3 is 5.32 Å². The van der Waals surface area contributed by atoms with Crippen LogP contribution in [0.1, 0.15) is 22.8 Å². The zero-order chi connectivity index (χ0) is 18.5. The molecular formula is C18H17N5O2S. The van der Waals surface area contributed by atoms with Gasteiger partial charge in [-0.25, -0.2) is 0 Å². The normalized spacial score (nSPS) is 10.5. The number of nitrogens with one attached hydrogen (secondary N) is 1. The van der Waals surface area contributed by atoms with Crippen LogP contribution in [-0.4, -0.2) is 37.7 Å². The molecule has 1 amide bonds. The molecule has 8 heteroatoms. The van der Waals surface area contributed by atoms with Crippen molar-refractivity contribution in [2.24, 2.45) is 0 Å². The van der Waals surface area contributed by atoms with E-state index in [9.17, 15) is 9.59 Å². The van der Waals surface area contributed by atoms with E-state index in [0.29, 0.717) is 22.1 Å². The number of amides is 1. The van der Waals surface area contributed by atoms with Gasteiger partial charge in [0.15, 0.2) is 5.78 Å². The molecule has 3 rings (SSSR count). The molecule has 0 unspecified atom stereocenters. The third kappa shape index (κ3) is 4.54. The van der Waals surface area contributed by atoms with Crippen LogP contribution in [0.3, 0.4) is 0 Å². The van der Waals surface area contributed by atoms with Gasteiger partial charge in [0.25, 0.3) is 0 Å². The maximum Gasteiger partial charge on any atom is 0.232 e. The van der Waals surface area contributed by atoms with Crippen LogP contribution in [0.4, 0.5) is 5.69 Å². The Bertz CT molecular complexity index is 937. The topological polar surface area (TPSA) is 89.8 Å². The SMILES string of the molecule is CC(=O)Nc1cccc(-n2nnc(SCC(=O)c3ccc(C)cc3)n2)c1. The Balaban J connectivity index is 1.65. The highest BCUT2D eigenvalue weighted by Gasteiger charge is 2.11. The molecule has 132 valence electrons. The van der Waals surface area contributed by atoms with Crippen LogP contribution in [0.25, 0.3) is 5.69 Å². The maximum atomic E-state index is 12.2. The number of thioether (sulfide) groups is 1. The summed E-state index contributed by atoms with van der Waals surface area (Å²) in [6.07, 6.45) is 0. The lowest BCUT2D eigenvalue weighted by atomic mass is 10.1. The first-order valence-corrected chi connectivity index (χ1v) is 8.90. The molecule has 0 fully saturated rings. The van der Waals surface area contributed by atoms with Gasteiger partial charge in [0.05, 0.1) is 11.4 Å². The van der Waals surface area contributed by atoms with Crippen molar-refractivity contribution in [2.45, 2.75) is 19.0 Å². The number of hydrogen-bond acceptors (Lipinski definition) is 6. The van der Waals surface area contributed by atoms with Crippen LogP contribution in [0.5, 0.6) is 0 Å². The van der Waals surface area contributed by atoms with E-state index in [4.69, 9.17) is 0 Å². The average molecular weight is 367 g/mol. The first kappa shape index (κ1) is 17.8. The number of rotatable bonds is 6. The van der Waals surface area contributed by atoms with Crippen molar-refractivity contribution in [3.8, 4) is 5.69 Å². The van der Waals surface area contributed by atoms with Gasteiger partial charge >= 0.3 is 0 Å². The molecule has 26 heavy (non-hydrogen) atoms. The Kier molecular flexibility index (Phi) is 5.43. The molecular weight excluding hydrogens is 350 g/mol. The summed E-state index contributed by atoms with van der Waals surface area (Å²) in [6, 6.07) is 14.6. The van der Waals surface area contributed by atoms with E-state index < -0.39 is 0 Å². The molecule has 0 saturated carbocycles. The van der Waals surface area contributed by atoms with E-state index in [2.05, 4.69) is 20.7 Å². The number of carbonyl (C=O) groups is 2. The minimum absolute atomic E-state index is 0.0130. The lowest BCUT2D eigenvalue weighted by Crippen LogP contribution is -2.07. The predicted molar refractivity (Wildman–Crippen MR) is 99.7 cm³/mol. The number of benzene rings is 2. The van der Waals surface area contributed by atoms with Gasteiger partial charge in [-0.2, -0.15) is 0 Å². The van der Waals surface area contributed by atoms with Crippen molar-refractivity contribution in [3.05, 3.63) is 59.7 Å². The van der Waals surface area contributed by atoms with Crippen molar-refractivity contribution in [1.82, 2.24) is 20.2 Å². The molecule has 2 aromatic carbocycles. The minimum atomic E-state index is -0.153. The lowest BCUT2D eigenvalue weighted by molar-refractivity contribution is -0.114. The van der Waals surface area contributed by atoms with Crippen molar-refractivity contribution in [3.63, 3.8) is 0 Å². The average Bonchev–Trinajstić information content (AvgIpc) is 3.09. The summed E-state index contributed by atoms with van der Waals surface area (Å²) in [6.45, 7) is 3.42. The Morgan fingerprint density at radius 2 is 1.92 bits per heavy atom. The van der Waals surface area contributed by atoms with Crippen LogP contribution in [0.2, 0.25) is 0 Å². The van der Waals surface area contributed by atoms with E-state index in [-0.39, 0.29) is 17.4 Å². The van der Waals surface area contributed by atoms with Gasteiger partial charge in [-0.15, -0.1) is 15.0 Å². The summed E-state index contributed by atoms with van der Waals surface area (Å²) in [4.78, 5) is 24.7. The lowest BCUT2D eigenvalue weighted by Gasteiger charge is -2.03. The molecule has 0 spiro atoms. The molecule has 0 bridgehead atoms. The smallest absolute Gasteiger partial charge is 0.232 e. The number of carbonyl (C=O) groups excluding carboxylic acids is 2. The largest absolute Gasteiger partial charge is 0.326 e. The molecule has 1 N–H and O–H groups in total. The van der Waals surface area contributed by atoms with E-state index >= 15 is 0 Å². The van der Waals surface area contributed by atoms with Gasteiger partial charge in [-0.05, 0) is 30.3 Å². The highest BCUT2D eigenvalue weighted by atomic mass is 32.2.